The topological polar surface area (TPSA) is 246 Å². The second kappa shape index (κ2) is 19.8. The van der Waals surface area contributed by atoms with Crippen LogP contribution in [-0.4, -0.2) is 99.8 Å². The number of ketones is 1. The Hall–Kier alpha value is -4.14. The maximum absolute atomic E-state index is 14.9. The number of nitrogens with one attached hydrogen (secondary N) is 1. The predicted octanol–water partition coefficient (Wildman–Crippen LogP) is 1.83. The number of nitrogens with zero attached hydrogens (tertiary/aromatic N) is 2. The van der Waals surface area contributed by atoms with Crippen LogP contribution in [0.25, 0.3) is 0 Å². The van der Waals surface area contributed by atoms with Gasteiger partial charge in [-0.1, -0.05) is 71.9 Å². The summed E-state index contributed by atoms with van der Waals surface area (Å²) >= 11 is 0. The molecule has 0 radical (unpaired) electrons. The largest absolute Gasteiger partial charge is 0.480 e. The molecule has 0 aliphatic carbocycles. The summed E-state index contributed by atoms with van der Waals surface area (Å²) in [6.45, 7) is 4.45. The first-order chi connectivity index (χ1) is 26.2. The van der Waals surface area contributed by atoms with Crippen molar-refractivity contribution in [3.63, 3.8) is 0 Å². The summed E-state index contributed by atoms with van der Waals surface area (Å²) < 4.78 is 65.5. The van der Waals surface area contributed by atoms with Crippen molar-refractivity contribution in [3.8, 4) is 0 Å². The highest BCUT2D eigenvalue weighted by molar-refractivity contribution is 7.48. The summed E-state index contributed by atoms with van der Waals surface area (Å²) in [4.78, 5) is 75.9. The maximum Gasteiger partial charge on any atom is 0.480 e. The van der Waals surface area contributed by atoms with E-state index in [1.807, 2.05) is 0 Å². The van der Waals surface area contributed by atoms with Crippen molar-refractivity contribution in [2.45, 2.75) is 84.8 Å². The number of aromatic nitrogens is 2. The molecule has 0 saturated carbocycles. The highest BCUT2D eigenvalue weighted by Crippen LogP contribution is 2.52. The number of aliphatic hydroxyl groups is 2. The van der Waals surface area contributed by atoms with Crippen molar-refractivity contribution in [2.75, 3.05) is 33.4 Å². The van der Waals surface area contributed by atoms with Crippen molar-refractivity contribution >= 4 is 31.5 Å². The Morgan fingerprint density at radius 1 is 0.911 bits per heavy atom. The fourth-order valence-corrected chi connectivity index (χ4v) is 6.13. The lowest BCUT2D eigenvalue weighted by Crippen LogP contribution is -2.53. The number of hydrogen-bond acceptors (Lipinski definition) is 17. The van der Waals surface area contributed by atoms with Crippen LogP contribution in [0, 0.1) is 17.8 Å². The minimum absolute atomic E-state index is 0.221. The Kier molecular flexibility index (Phi) is 16.4. The Morgan fingerprint density at radius 3 is 2.00 bits per heavy atom. The number of esters is 3. The van der Waals surface area contributed by atoms with Crippen LogP contribution in [0.2, 0.25) is 0 Å². The van der Waals surface area contributed by atoms with Gasteiger partial charge in [-0.15, -0.1) is 0 Å². The van der Waals surface area contributed by atoms with E-state index in [9.17, 15) is 47.9 Å². The van der Waals surface area contributed by atoms with Crippen LogP contribution in [-0.2, 0) is 58.2 Å². The zero-order valence-corrected chi connectivity index (χ0v) is 33.0. The van der Waals surface area contributed by atoms with Gasteiger partial charge in [0.25, 0.3) is 5.56 Å². The van der Waals surface area contributed by atoms with Crippen molar-refractivity contribution in [1.82, 2.24) is 14.5 Å². The molecule has 2 aromatic rings. The average Bonchev–Trinajstić information content (AvgIpc) is 3.34. The fraction of sp³-hybridized carbons (Fsp3) is 0.600. The molecule has 0 bridgehead atoms. The monoisotopic (exact) mass is 817 g/mol. The van der Waals surface area contributed by atoms with Crippen molar-refractivity contribution in [2.24, 2.45) is 17.8 Å². The Morgan fingerprint density at radius 2 is 1.48 bits per heavy atom. The van der Waals surface area contributed by atoms with Gasteiger partial charge >= 0.3 is 31.4 Å². The minimum atomic E-state index is -4.93. The molecule has 1 fully saturated rings. The van der Waals surface area contributed by atoms with E-state index >= 15 is 0 Å². The lowest BCUT2D eigenvalue weighted by molar-refractivity contribution is -0.161. The number of rotatable bonds is 21. The summed E-state index contributed by atoms with van der Waals surface area (Å²) in [7, 11) is -4.93. The van der Waals surface area contributed by atoms with E-state index in [2.05, 4.69) is 5.32 Å². The molecule has 1 aliphatic rings. The molecule has 3 N–H and O–H groups in total. The first kappa shape index (κ1) is 46.2. The number of benzene rings is 1. The van der Waals surface area contributed by atoms with E-state index in [0.29, 0.717) is 14.7 Å². The zero-order chi connectivity index (χ0) is 42.0. The second-order valence-corrected chi connectivity index (χ2v) is 15.7. The van der Waals surface area contributed by atoms with E-state index < -0.39 is 118 Å². The number of phosphoric ester groups is 1. The first-order valence-electron chi connectivity index (χ1n) is 17.5. The van der Waals surface area contributed by atoms with Crippen molar-refractivity contribution in [1.29, 1.82) is 0 Å². The lowest BCUT2D eigenvalue weighted by Gasteiger charge is -2.31. The number of phosphoric acid groups is 1. The van der Waals surface area contributed by atoms with Crippen LogP contribution >= 0.6 is 7.82 Å². The molecular formula is C35H49FN3O16P. The van der Waals surface area contributed by atoms with Crippen molar-refractivity contribution in [3.05, 3.63) is 69.0 Å². The van der Waals surface area contributed by atoms with E-state index in [0.717, 1.165) is 19.2 Å². The molecule has 19 nitrogen and oxygen atoms in total. The Labute approximate surface area is 321 Å². The molecule has 2 heterocycles. The molecule has 0 amide bonds. The quantitative estimate of drug-likeness (QED) is 0.0535. The smallest absolute Gasteiger partial charge is 0.442 e. The first-order valence-corrected chi connectivity index (χ1v) is 19.0. The number of carbonyl (C=O) groups is 4. The highest BCUT2D eigenvalue weighted by Gasteiger charge is 2.63. The molecule has 2 unspecified atom stereocenters. The number of hydrogen-bond donors (Lipinski definition) is 3. The maximum atomic E-state index is 14.9. The van der Waals surface area contributed by atoms with E-state index in [-0.39, 0.29) is 12.3 Å². The van der Waals surface area contributed by atoms with Crippen LogP contribution < -0.4 is 16.6 Å². The molecule has 1 saturated heterocycles. The third-order valence-electron chi connectivity index (χ3n) is 8.54. The molecule has 0 spiro atoms. The fourth-order valence-electron chi connectivity index (χ4n) is 5.17. The molecular weight excluding hydrogens is 768 g/mol. The van der Waals surface area contributed by atoms with Crippen molar-refractivity contribution < 1.29 is 70.9 Å². The van der Waals surface area contributed by atoms with Gasteiger partial charge in [0.2, 0.25) is 13.6 Å². The summed E-state index contributed by atoms with van der Waals surface area (Å²) in [5, 5.41) is 25.4. The molecule has 3 rings (SSSR count). The van der Waals surface area contributed by atoms with Crippen LogP contribution in [0.1, 0.15) is 65.1 Å². The van der Waals surface area contributed by atoms with Gasteiger partial charge in [0, 0.05) is 17.8 Å². The Bertz CT molecular complexity index is 1820. The highest BCUT2D eigenvalue weighted by atomic mass is 31.2. The molecule has 1 aliphatic heterocycles. The summed E-state index contributed by atoms with van der Waals surface area (Å²) in [6, 6.07) is 8.17. The van der Waals surface area contributed by atoms with E-state index in [1.165, 1.54) is 27.7 Å². The van der Waals surface area contributed by atoms with Gasteiger partial charge in [-0.3, -0.25) is 38.4 Å². The van der Waals surface area contributed by atoms with Crippen LogP contribution in [0.4, 0.5) is 4.39 Å². The number of ether oxygens (including phenoxy) is 4. The molecule has 1 aromatic heterocycles. The van der Waals surface area contributed by atoms with Gasteiger partial charge in [0.15, 0.2) is 24.3 Å². The third kappa shape index (κ3) is 11.5. The molecule has 1 aromatic carbocycles. The number of Topliss-reactive ketones (excluding diaryl/α,β-unsaturated/α-hetero) is 1. The molecule has 56 heavy (non-hydrogen) atoms. The average molecular weight is 818 g/mol. The van der Waals surface area contributed by atoms with Gasteiger partial charge in [0.1, 0.15) is 24.4 Å². The Balaban J connectivity index is 1.81. The number of halogens is 1. The number of carbonyl (C=O) groups excluding carboxylic acids is 4. The van der Waals surface area contributed by atoms with Gasteiger partial charge in [-0.25, -0.2) is 27.4 Å². The molecule has 312 valence electrons. The van der Waals surface area contributed by atoms with Gasteiger partial charge in [-0.2, -0.15) is 0 Å². The van der Waals surface area contributed by atoms with E-state index in [1.54, 1.807) is 44.2 Å². The number of aliphatic hydroxyl groups excluding tert-OH is 1. The lowest BCUT2D eigenvalue weighted by atomic mass is 9.88. The van der Waals surface area contributed by atoms with Gasteiger partial charge in [-0.05, 0) is 12.8 Å². The van der Waals surface area contributed by atoms with Crippen LogP contribution in [0.15, 0.2) is 52.2 Å². The standard InChI is InChI=1S/C35H49FN3O16P/c1-21(2)27(37-15-25(40)24-11-9-8-10-12-24)30(44)49-18-39-26(41)13-14-38(33(39)46)32-34(7,47)31(45)35(16-36,55-32)17-52-56(48,53-19-50-28(42)22(3)4)54-20-51-29(43)23(5)6/h8-14,21-23,27,31-32,37,45,47H,15-20H2,1-7H3/t27?,31-,32?,34+,35+/m0/s1. The second-order valence-electron chi connectivity index (χ2n) is 14.0. The third-order valence-corrected chi connectivity index (χ3v) is 9.83. The summed E-state index contributed by atoms with van der Waals surface area (Å²) in [5.74, 6) is -4.33. The van der Waals surface area contributed by atoms with Gasteiger partial charge in [0.05, 0.1) is 25.0 Å². The van der Waals surface area contributed by atoms with Crippen LogP contribution in [0.5, 0.6) is 0 Å². The molecule has 5 atom stereocenters. The molecule has 21 heteroatoms. The summed E-state index contributed by atoms with van der Waals surface area (Å²) in [6.07, 6.45) is -3.28. The zero-order valence-electron chi connectivity index (χ0n) is 32.1. The van der Waals surface area contributed by atoms with Crippen LogP contribution in [0.3, 0.4) is 0 Å². The SMILES string of the molecule is CC(C)C(=O)OCOP(=O)(OCOC(=O)C(C)C)OC[C@@]1(CF)OC(n2ccc(=O)n(COC(=O)C(NCC(=O)c3ccccc3)C(C)C)c2=O)[C@](C)(O)[C@@H]1O. The minimum Gasteiger partial charge on any atom is -0.442 e. The van der Waals surface area contributed by atoms with E-state index in [4.69, 9.17) is 32.5 Å². The number of alkyl halides is 1. The summed E-state index contributed by atoms with van der Waals surface area (Å²) in [5.41, 5.74) is -6.85. The predicted molar refractivity (Wildman–Crippen MR) is 191 cm³/mol. The van der Waals surface area contributed by atoms with Gasteiger partial charge < -0.3 is 29.2 Å². The normalized spacial score (nSPS) is 21.7.